The van der Waals surface area contributed by atoms with E-state index < -0.39 is 15.1 Å². The molecule has 0 saturated carbocycles. The van der Waals surface area contributed by atoms with E-state index in [2.05, 4.69) is 15.3 Å². The Bertz CT molecular complexity index is 779. The van der Waals surface area contributed by atoms with E-state index >= 15 is 0 Å². The van der Waals surface area contributed by atoms with Crippen LogP contribution in [-0.2, 0) is 9.84 Å². The van der Waals surface area contributed by atoms with Crippen molar-refractivity contribution in [2.45, 2.75) is 30.9 Å². The summed E-state index contributed by atoms with van der Waals surface area (Å²) >= 11 is 0. The number of benzene rings is 1. The molecule has 0 unspecified atom stereocenters. The zero-order valence-corrected chi connectivity index (χ0v) is 13.8. The molecule has 0 aliphatic heterocycles. The fourth-order valence-electron chi connectivity index (χ4n) is 1.90. The van der Waals surface area contributed by atoms with Gasteiger partial charge in [-0.3, -0.25) is 0 Å². The number of anilines is 2. The molecule has 1 aromatic carbocycles. The molecular weight excluding hydrogens is 302 g/mol. The van der Waals surface area contributed by atoms with Crippen LogP contribution in [0, 0.1) is 6.92 Å². The molecule has 0 spiro atoms. The summed E-state index contributed by atoms with van der Waals surface area (Å²) in [6.07, 6.45) is 1.55. The van der Waals surface area contributed by atoms with Crippen molar-refractivity contribution in [1.29, 1.82) is 0 Å². The smallest absolute Gasteiger partial charge is 0.182 e. The number of hydrogen-bond donors (Lipinski definition) is 1. The Morgan fingerprint density at radius 2 is 1.95 bits per heavy atom. The number of ether oxygens (including phenoxy) is 1. The SMILES string of the molecule is COc1cnc(C)nc1Nc1ccccc1S(=O)(=O)C(C)C.[HH]. The van der Waals surface area contributed by atoms with Gasteiger partial charge in [-0.05, 0) is 32.9 Å². The van der Waals surface area contributed by atoms with E-state index in [0.717, 1.165) is 0 Å². The third kappa shape index (κ3) is 3.19. The van der Waals surface area contributed by atoms with E-state index in [9.17, 15) is 8.42 Å². The van der Waals surface area contributed by atoms with Gasteiger partial charge in [-0.1, -0.05) is 12.1 Å². The molecule has 0 atom stereocenters. The Morgan fingerprint density at radius 1 is 1.27 bits per heavy atom. The van der Waals surface area contributed by atoms with Crippen LogP contribution in [0.3, 0.4) is 0 Å². The van der Waals surface area contributed by atoms with Gasteiger partial charge in [0.25, 0.3) is 0 Å². The first-order valence-electron chi connectivity index (χ1n) is 6.84. The Kier molecular flexibility index (Phi) is 4.65. The monoisotopic (exact) mass is 323 g/mol. The van der Waals surface area contributed by atoms with Crippen LogP contribution >= 0.6 is 0 Å². The van der Waals surface area contributed by atoms with Crippen LogP contribution in [0.4, 0.5) is 11.5 Å². The van der Waals surface area contributed by atoms with Crippen molar-refractivity contribution >= 4 is 21.3 Å². The zero-order valence-electron chi connectivity index (χ0n) is 13.0. The summed E-state index contributed by atoms with van der Waals surface area (Å²) in [7, 11) is -1.89. The number of para-hydroxylation sites is 1. The molecule has 1 aromatic heterocycles. The average molecular weight is 323 g/mol. The van der Waals surface area contributed by atoms with Crippen molar-refractivity contribution < 1.29 is 14.6 Å². The van der Waals surface area contributed by atoms with Crippen LogP contribution in [-0.4, -0.2) is 30.7 Å². The van der Waals surface area contributed by atoms with Crippen molar-refractivity contribution in [3.63, 3.8) is 0 Å². The van der Waals surface area contributed by atoms with Gasteiger partial charge in [-0.15, -0.1) is 0 Å². The van der Waals surface area contributed by atoms with E-state index in [1.54, 1.807) is 51.2 Å². The van der Waals surface area contributed by atoms with E-state index in [-0.39, 0.29) is 6.32 Å². The van der Waals surface area contributed by atoms with Gasteiger partial charge in [-0.25, -0.2) is 18.4 Å². The molecule has 1 heterocycles. The zero-order chi connectivity index (χ0) is 16.3. The number of sulfone groups is 1. The molecule has 120 valence electrons. The van der Waals surface area contributed by atoms with Gasteiger partial charge < -0.3 is 10.1 Å². The number of nitrogens with one attached hydrogen (secondary N) is 1. The number of aromatic nitrogens is 2. The van der Waals surface area contributed by atoms with Gasteiger partial charge in [0.1, 0.15) is 5.82 Å². The molecule has 0 fully saturated rings. The summed E-state index contributed by atoms with van der Waals surface area (Å²) in [6, 6.07) is 6.75. The third-order valence-corrected chi connectivity index (χ3v) is 5.37. The van der Waals surface area contributed by atoms with Crippen LogP contribution in [0.2, 0.25) is 0 Å². The highest BCUT2D eigenvalue weighted by atomic mass is 32.2. The summed E-state index contributed by atoms with van der Waals surface area (Å²) in [5.41, 5.74) is 0.465. The van der Waals surface area contributed by atoms with E-state index in [4.69, 9.17) is 4.74 Å². The lowest BCUT2D eigenvalue weighted by Crippen LogP contribution is -2.15. The number of hydrogen-bond acceptors (Lipinski definition) is 6. The minimum Gasteiger partial charge on any atom is -0.491 e. The van der Waals surface area contributed by atoms with Crippen LogP contribution in [0.5, 0.6) is 5.75 Å². The number of rotatable bonds is 5. The Morgan fingerprint density at radius 3 is 2.59 bits per heavy atom. The number of nitrogens with zero attached hydrogens (tertiary/aromatic N) is 2. The van der Waals surface area contributed by atoms with Crippen LogP contribution in [0.1, 0.15) is 21.1 Å². The maximum absolute atomic E-state index is 12.5. The van der Waals surface area contributed by atoms with Gasteiger partial charge in [0, 0.05) is 1.43 Å². The normalized spacial score (nSPS) is 11.5. The first kappa shape index (κ1) is 16.2. The highest BCUT2D eigenvalue weighted by Crippen LogP contribution is 2.30. The standard InChI is InChI=1S/C15H19N3O3S.H2/c1-10(2)22(19,20)14-8-6-5-7-12(14)18-15-13(21-4)9-16-11(3)17-15;/h5-10H,1-4H3,(H,16,17,18);1H. The van der Waals surface area contributed by atoms with Crippen molar-refractivity contribution in [3.8, 4) is 5.75 Å². The second kappa shape index (κ2) is 6.31. The van der Waals surface area contributed by atoms with Crippen molar-refractivity contribution in [3.05, 3.63) is 36.3 Å². The molecule has 6 nitrogen and oxygen atoms in total. The Balaban J connectivity index is 0.00000264. The predicted molar refractivity (Wildman–Crippen MR) is 87.5 cm³/mol. The molecule has 0 bridgehead atoms. The number of aryl methyl sites for hydroxylation is 1. The molecule has 0 amide bonds. The second-order valence-electron chi connectivity index (χ2n) is 5.05. The molecule has 0 radical (unpaired) electrons. The van der Waals surface area contributed by atoms with Crippen molar-refractivity contribution in [2.24, 2.45) is 0 Å². The molecule has 22 heavy (non-hydrogen) atoms. The van der Waals surface area contributed by atoms with Crippen molar-refractivity contribution in [1.82, 2.24) is 9.97 Å². The van der Waals surface area contributed by atoms with Gasteiger partial charge in [-0.2, -0.15) is 0 Å². The first-order chi connectivity index (χ1) is 10.4. The highest BCUT2D eigenvalue weighted by molar-refractivity contribution is 7.92. The molecular formula is C15H21N3O3S. The summed E-state index contributed by atoms with van der Waals surface area (Å²) in [6.45, 7) is 5.06. The summed E-state index contributed by atoms with van der Waals surface area (Å²) in [5.74, 6) is 1.44. The summed E-state index contributed by atoms with van der Waals surface area (Å²) in [5, 5.41) is 2.53. The fraction of sp³-hybridized carbons (Fsp3) is 0.333. The first-order valence-corrected chi connectivity index (χ1v) is 8.38. The molecule has 2 aromatic rings. The van der Waals surface area contributed by atoms with E-state index in [1.165, 1.54) is 7.11 Å². The quantitative estimate of drug-likeness (QED) is 0.911. The number of methoxy groups -OCH3 is 1. The predicted octanol–water partition coefficient (Wildman–Crippen LogP) is 2.97. The molecule has 2 rings (SSSR count). The van der Waals surface area contributed by atoms with Gasteiger partial charge in [0.2, 0.25) is 0 Å². The Hall–Kier alpha value is -2.15. The summed E-state index contributed by atoms with van der Waals surface area (Å²) < 4.78 is 30.1. The third-order valence-electron chi connectivity index (χ3n) is 3.16. The lowest BCUT2D eigenvalue weighted by Gasteiger charge is -2.15. The second-order valence-corrected chi connectivity index (χ2v) is 7.52. The average Bonchev–Trinajstić information content (AvgIpc) is 2.47. The maximum Gasteiger partial charge on any atom is 0.182 e. The van der Waals surface area contributed by atoms with Crippen LogP contribution < -0.4 is 10.1 Å². The minimum absolute atomic E-state index is 0. The van der Waals surface area contributed by atoms with Gasteiger partial charge in [0.15, 0.2) is 21.4 Å². The molecule has 1 N–H and O–H groups in total. The van der Waals surface area contributed by atoms with Crippen LogP contribution in [0.15, 0.2) is 35.4 Å². The van der Waals surface area contributed by atoms with Crippen LogP contribution in [0.25, 0.3) is 0 Å². The van der Waals surface area contributed by atoms with Crippen molar-refractivity contribution in [2.75, 3.05) is 12.4 Å². The topological polar surface area (TPSA) is 81.2 Å². The molecule has 0 aliphatic carbocycles. The van der Waals surface area contributed by atoms with E-state index in [1.807, 2.05) is 0 Å². The van der Waals surface area contributed by atoms with Gasteiger partial charge in [0.05, 0.1) is 29.1 Å². The Labute approximate surface area is 132 Å². The molecule has 7 heteroatoms. The molecule has 0 aliphatic rings. The lowest BCUT2D eigenvalue weighted by molar-refractivity contribution is 0.412. The minimum atomic E-state index is -3.40. The summed E-state index contributed by atoms with van der Waals surface area (Å²) in [4.78, 5) is 8.56. The van der Waals surface area contributed by atoms with E-state index in [0.29, 0.717) is 23.1 Å². The van der Waals surface area contributed by atoms with Gasteiger partial charge >= 0.3 is 0 Å². The largest absolute Gasteiger partial charge is 0.491 e. The highest BCUT2D eigenvalue weighted by Gasteiger charge is 2.23. The lowest BCUT2D eigenvalue weighted by atomic mass is 10.3. The maximum atomic E-state index is 12.5. The fourth-order valence-corrected chi connectivity index (χ4v) is 3.10. The molecule has 0 saturated heterocycles.